The molecule has 0 aliphatic heterocycles. The number of halogens is 1. The molecule has 0 bridgehead atoms. The van der Waals surface area contributed by atoms with Crippen molar-refractivity contribution in [3.63, 3.8) is 0 Å². The molecule has 0 radical (unpaired) electrons. The average Bonchev–Trinajstić information content (AvgIpc) is 2.84. The number of nitrogens with zero attached hydrogens (tertiary/aromatic N) is 3. The standard InChI is InChI=1S/C10H11ClN4S2/c11-8-6-12-7-15-9(8)13-2-1-4-16-10-14-3-5-17-10/h3,5-7H,1-2,4H2,(H,12,13,15). The van der Waals surface area contributed by atoms with Gasteiger partial charge in [-0.1, -0.05) is 23.4 Å². The molecule has 0 aromatic carbocycles. The highest BCUT2D eigenvalue weighted by molar-refractivity contribution is 8.00. The smallest absolute Gasteiger partial charge is 0.149 e. The van der Waals surface area contributed by atoms with Crippen molar-refractivity contribution in [2.75, 3.05) is 17.6 Å². The summed E-state index contributed by atoms with van der Waals surface area (Å²) in [6, 6.07) is 0. The number of hydrogen-bond donors (Lipinski definition) is 1. The van der Waals surface area contributed by atoms with Gasteiger partial charge in [0.25, 0.3) is 0 Å². The van der Waals surface area contributed by atoms with Crippen LogP contribution in [0.2, 0.25) is 5.02 Å². The number of nitrogens with one attached hydrogen (secondary N) is 1. The fourth-order valence-corrected chi connectivity index (χ4v) is 2.98. The topological polar surface area (TPSA) is 50.7 Å². The van der Waals surface area contributed by atoms with Crippen molar-refractivity contribution in [2.24, 2.45) is 0 Å². The minimum atomic E-state index is 0.556. The van der Waals surface area contributed by atoms with Crippen molar-refractivity contribution in [3.8, 4) is 0 Å². The van der Waals surface area contributed by atoms with E-state index in [9.17, 15) is 0 Å². The Hall–Kier alpha value is -0.850. The fourth-order valence-electron chi connectivity index (χ4n) is 1.16. The van der Waals surface area contributed by atoms with Crippen LogP contribution in [0.4, 0.5) is 5.82 Å². The van der Waals surface area contributed by atoms with Crippen LogP contribution < -0.4 is 5.32 Å². The first kappa shape index (κ1) is 12.6. The second-order valence-corrected chi connectivity index (χ2v) is 5.79. The number of anilines is 1. The maximum absolute atomic E-state index is 5.92. The van der Waals surface area contributed by atoms with Crippen molar-refractivity contribution in [2.45, 2.75) is 10.8 Å². The van der Waals surface area contributed by atoms with Gasteiger partial charge >= 0.3 is 0 Å². The Kier molecular flexibility index (Phi) is 5.03. The van der Waals surface area contributed by atoms with E-state index < -0.39 is 0 Å². The fraction of sp³-hybridized carbons (Fsp3) is 0.300. The van der Waals surface area contributed by atoms with Crippen molar-refractivity contribution >= 4 is 40.5 Å². The van der Waals surface area contributed by atoms with Gasteiger partial charge in [0.15, 0.2) is 0 Å². The van der Waals surface area contributed by atoms with Gasteiger partial charge in [0.1, 0.15) is 21.5 Å². The lowest BCUT2D eigenvalue weighted by Crippen LogP contribution is -2.04. The Morgan fingerprint density at radius 2 is 2.35 bits per heavy atom. The first-order valence-corrected chi connectivity index (χ1v) is 7.32. The van der Waals surface area contributed by atoms with E-state index in [2.05, 4.69) is 20.3 Å². The summed E-state index contributed by atoms with van der Waals surface area (Å²) >= 11 is 9.35. The highest BCUT2D eigenvalue weighted by atomic mass is 35.5. The minimum absolute atomic E-state index is 0.556. The number of thiazole rings is 1. The van der Waals surface area contributed by atoms with Crippen LogP contribution in [0.5, 0.6) is 0 Å². The Morgan fingerprint density at radius 1 is 1.41 bits per heavy atom. The second kappa shape index (κ2) is 6.78. The number of hydrogen-bond acceptors (Lipinski definition) is 6. The molecule has 2 heterocycles. The predicted octanol–water partition coefficient (Wildman–Crippen LogP) is 3.18. The molecule has 0 fully saturated rings. The molecular formula is C10H11ClN4S2. The lowest BCUT2D eigenvalue weighted by molar-refractivity contribution is 0.974. The Bertz CT molecular complexity index is 449. The van der Waals surface area contributed by atoms with Crippen LogP contribution in [-0.2, 0) is 0 Å². The first-order chi connectivity index (χ1) is 8.36. The quantitative estimate of drug-likeness (QED) is 0.653. The molecule has 0 aliphatic carbocycles. The van der Waals surface area contributed by atoms with Crippen LogP contribution >= 0.6 is 34.7 Å². The van der Waals surface area contributed by atoms with Crippen molar-refractivity contribution in [3.05, 3.63) is 29.1 Å². The summed E-state index contributed by atoms with van der Waals surface area (Å²) in [5.74, 6) is 1.73. The van der Waals surface area contributed by atoms with Crippen molar-refractivity contribution < 1.29 is 0 Å². The molecule has 2 rings (SSSR count). The molecule has 1 N–H and O–H groups in total. The van der Waals surface area contributed by atoms with Gasteiger partial charge in [0.2, 0.25) is 0 Å². The van der Waals surface area contributed by atoms with Crippen LogP contribution in [0.1, 0.15) is 6.42 Å². The second-order valence-electron chi connectivity index (χ2n) is 3.15. The molecule has 90 valence electrons. The molecule has 0 spiro atoms. The van der Waals surface area contributed by atoms with Gasteiger partial charge < -0.3 is 5.32 Å². The van der Waals surface area contributed by atoms with Gasteiger partial charge in [-0.15, -0.1) is 11.3 Å². The summed E-state index contributed by atoms with van der Waals surface area (Å²) in [7, 11) is 0. The molecule has 0 saturated heterocycles. The molecule has 2 aromatic heterocycles. The Labute approximate surface area is 113 Å². The third-order valence-electron chi connectivity index (χ3n) is 1.92. The summed E-state index contributed by atoms with van der Waals surface area (Å²) in [5.41, 5.74) is 0. The summed E-state index contributed by atoms with van der Waals surface area (Å²) in [5, 5.41) is 5.72. The zero-order valence-electron chi connectivity index (χ0n) is 8.97. The lowest BCUT2D eigenvalue weighted by Gasteiger charge is -2.05. The van der Waals surface area contributed by atoms with Gasteiger partial charge in [-0.3, -0.25) is 0 Å². The van der Waals surface area contributed by atoms with E-state index in [-0.39, 0.29) is 0 Å². The first-order valence-electron chi connectivity index (χ1n) is 5.08. The van der Waals surface area contributed by atoms with E-state index in [1.54, 1.807) is 29.3 Å². The minimum Gasteiger partial charge on any atom is -0.369 e. The van der Waals surface area contributed by atoms with Gasteiger partial charge in [-0.2, -0.15) is 0 Å². The zero-order chi connectivity index (χ0) is 11.9. The van der Waals surface area contributed by atoms with Crippen molar-refractivity contribution in [1.29, 1.82) is 0 Å². The van der Waals surface area contributed by atoms with E-state index in [1.807, 2.05) is 11.6 Å². The molecule has 17 heavy (non-hydrogen) atoms. The highest BCUT2D eigenvalue weighted by Crippen LogP contribution is 2.21. The number of rotatable bonds is 6. The van der Waals surface area contributed by atoms with E-state index in [0.29, 0.717) is 10.8 Å². The van der Waals surface area contributed by atoms with E-state index in [4.69, 9.17) is 11.6 Å². The maximum Gasteiger partial charge on any atom is 0.149 e. The van der Waals surface area contributed by atoms with E-state index in [0.717, 1.165) is 23.1 Å². The summed E-state index contributed by atoms with van der Waals surface area (Å²) < 4.78 is 1.12. The number of thioether (sulfide) groups is 1. The largest absolute Gasteiger partial charge is 0.369 e. The molecule has 0 amide bonds. The van der Waals surface area contributed by atoms with Crippen LogP contribution in [0.25, 0.3) is 0 Å². The molecular weight excluding hydrogens is 276 g/mol. The van der Waals surface area contributed by atoms with E-state index >= 15 is 0 Å². The molecule has 0 atom stereocenters. The normalized spacial score (nSPS) is 10.4. The van der Waals surface area contributed by atoms with Gasteiger partial charge in [0.05, 0.1) is 6.20 Å². The maximum atomic E-state index is 5.92. The molecule has 7 heteroatoms. The summed E-state index contributed by atoms with van der Waals surface area (Å²) in [4.78, 5) is 12.1. The van der Waals surface area contributed by atoms with Gasteiger partial charge in [0, 0.05) is 23.9 Å². The van der Waals surface area contributed by atoms with Crippen LogP contribution in [0, 0.1) is 0 Å². The predicted molar refractivity (Wildman–Crippen MR) is 73.0 cm³/mol. The Balaban J connectivity index is 1.65. The number of aromatic nitrogens is 3. The third kappa shape index (κ3) is 4.14. The van der Waals surface area contributed by atoms with Gasteiger partial charge in [-0.25, -0.2) is 15.0 Å². The monoisotopic (exact) mass is 286 g/mol. The van der Waals surface area contributed by atoms with Crippen molar-refractivity contribution in [1.82, 2.24) is 15.0 Å². The van der Waals surface area contributed by atoms with Crippen LogP contribution in [-0.4, -0.2) is 27.2 Å². The summed E-state index contributed by atoms with van der Waals surface area (Å²) in [6.07, 6.45) is 5.93. The highest BCUT2D eigenvalue weighted by Gasteiger charge is 2.00. The molecule has 0 saturated carbocycles. The average molecular weight is 287 g/mol. The SMILES string of the molecule is Clc1cncnc1NCCCSc1nccs1. The van der Waals surface area contributed by atoms with E-state index in [1.165, 1.54) is 6.33 Å². The molecule has 2 aromatic rings. The Morgan fingerprint density at radius 3 is 3.12 bits per heavy atom. The zero-order valence-corrected chi connectivity index (χ0v) is 11.4. The van der Waals surface area contributed by atoms with Gasteiger partial charge in [-0.05, 0) is 6.42 Å². The summed E-state index contributed by atoms with van der Waals surface area (Å²) in [6.45, 7) is 0.842. The molecule has 0 aliphatic rings. The lowest BCUT2D eigenvalue weighted by atomic mass is 10.4. The van der Waals surface area contributed by atoms with Crippen LogP contribution in [0.15, 0.2) is 28.4 Å². The molecule has 0 unspecified atom stereocenters. The molecule has 4 nitrogen and oxygen atoms in total. The third-order valence-corrected chi connectivity index (χ3v) is 4.25. The van der Waals surface area contributed by atoms with Crippen LogP contribution in [0.3, 0.4) is 0 Å².